The lowest BCUT2D eigenvalue weighted by Gasteiger charge is -2.15. The number of thioether (sulfide) groups is 1. The number of aryl methyl sites for hydroxylation is 3. The number of imide groups is 1. The van der Waals surface area contributed by atoms with Crippen LogP contribution < -0.4 is 4.90 Å². The minimum absolute atomic E-state index is 0.126. The summed E-state index contributed by atoms with van der Waals surface area (Å²) in [5.74, 6) is -0.453. The largest absolute Gasteiger partial charge is 0.274 e. The van der Waals surface area contributed by atoms with Crippen molar-refractivity contribution >= 4 is 29.3 Å². The number of carbonyl (C=O) groups is 2. The molecule has 2 aromatic rings. The zero-order valence-corrected chi connectivity index (χ0v) is 15.2. The van der Waals surface area contributed by atoms with Crippen molar-refractivity contribution in [2.75, 3.05) is 4.90 Å². The highest BCUT2D eigenvalue weighted by atomic mass is 32.2. The zero-order valence-electron chi connectivity index (χ0n) is 14.4. The van der Waals surface area contributed by atoms with E-state index in [1.54, 1.807) is 12.1 Å². The maximum Gasteiger partial charge on any atom is 0.247 e. The first-order valence-corrected chi connectivity index (χ1v) is 9.48. The van der Waals surface area contributed by atoms with E-state index in [1.165, 1.54) is 16.7 Å². The normalized spacial score (nSPS) is 18.9. The molecule has 4 rings (SSSR count). The van der Waals surface area contributed by atoms with Gasteiger partial charge in [0, 0.05) is 12.1 Å². The highest BCUT2D eigenvalue weighted by molar-refractivity contribution is 8.00. The van der Waals surface area contributed by atoms with Crippen molar-refractivity contribution in [3.05, 3.63) is 52.7 Å². The van der Waals surface area contributed by atoms with Gasteiger partial charge in [-0.25, -0.2) is 9.88 Å². The van der Waals surface area contributed by atoms with Gasteiger partial charge >= 0.3 is 0 Å². The molecular formula is C20H17N3O2S. The van der Waals surface area contributed by atoms with E-state index in [9.17, 15) is 14.9 Å². The second-order valence-corrected chi connectivity index (χ2v) is 7.82. The first kappa shape index (κ1) is 16.8. The Balaban J connectivity index is 1.60. The summed E-state index contributed by atoms with van der Waals surface area (Å²) < 4.78 is 0. The number of aromatic nitrogens is 1. The van der Waals surface area contributed by atoms with Crippen LogP contribution in [0.4, 0.5) is 5.69 Å². The zero-order chi connectivity index (χ0) is 18.3. The lowest BCUT2D eigenvalue weighted by atomic mass is 10.2. The van der Waals surface area contributed by atoms with Gasteiger partial charge in [-0.1, -0.05) is 29.5 Å². The molecule has 0 N–H and O–H groups in total. The number of carbonyl (C=O) groups excluding carboxylic acids is 2. The molecule has 6 heteroatoms. The van der Waals surface area contributed by atoms with Crippen molar-refractivity contribution < 1.29 is 9.59 Å². The van der Waals surface area contributed by atoms with Crippen molar-refractivity contribution in [2.24, 2.45) is 0 Å². The van der Waals surface area contributed by atoms with Crippen LogP contribution in [0.15, 0.2) is 35.4 Å². The Morgan fingerprint density at radius 1 is 1.23 bits per heavy atom. The van der Waals surface area contributed by atoms with Gasteiger partial charge in [0.05, 0.1) is 16.5 Å². The number of nitrogens with zero attached hydrogens (tertiary/aromatic N) is 3. The topological polar surface area (TPSA) is 74.1 Å². The van der Waals surface area contributed by atoms with Gasteiger partial charge in [-0.15, -0.1) is 0 Å². The van der Waals surface area contributed by atoms with Crippen LogP contribution in [-0.4, -0.2) is 22.0 Å². The van der Waals surface area contributed by atoms with Crippen molar-refractivity contribution in [3.8, 4) is 6.07 Å². The van der Waals surface area contributed by atoms with Gasteiger partial charge in [0.2, 0.25) is 11.8 Å². The predicted octanol–water partition coefficient (Wildman–Crippen LogP) is 3.17. The second-order valence-electron chi connectivity index (χ2n) is 6.63. The van der Waals surface area contributed by atoms with Gasteiger partial charge < -0.3 is 0 Å². The number of hydrogen-bond donors (Lipinski definition) is 0. The number of nitriles is 1. The molecule has 2 heterocycles. The molecule has 1 aromatic carbocycles. The Kier molecular flexibility index (Phi) is 4.25. The van der Waals surface area contributed by atoms with E-state index < -0.39 is 5.25 Å². The molecule has 130 valence electrons. The molecule has 0 saturated carbocycles. The third-order valence-corrected chi connectivity index (χ3v) is 5.97. The van der Waals surface area contributed by atoms with Crippen molar-refractivity contribution in [1.29, 1.82) is 5.26 Å². The number of pyridine rings is 1. The molecule has 1 aliphatic carbocycles. The SMILES string of the molecule is Cc1ccc(N2C(=O)C[C@@H](Sc3nc4c(cc3C#N)CCC4)C2=O)cc1. The molecule has 1 saturated heterocycles. The van der Waals surface area contributed by atoms with E-state index in [4.69, 9.17) is 0 Å². The average Bonchev–Trinajstić information content (AvgIpc) is 3.19. The van der Waals surface area contributed by atoms with E-state index in [0.717, 1.165) is 36.1 Å². The Morgan fingerprint density at radius 3 is 2.73 bits per heavy atom. The maximum absolute atomic E-state index is 12.8. The molecule has 1 fully saturated rings. The van der Waals surface area contributed by atoms with Crippen LogP contribution in [0.1, 0.15) is 35.2 Å². The van der Waals surface area contributed by atoms with Crippen LogP contribution in [-0.2, 0) is 22.4 Å². The summed E-state index contributed by atoms with van der Waals surface area (Å²) in [5, 5.41) is 9.45. The summed E-state index contributed by atoms with van der Waals surface area (Å²) in [6, 6.07) is 11.4. The fourth-order valence-corrected chi connectivity index (χ4v) is 4.52. The molecule has 0 radical (unpaired) electrons. The van der Waals surface area contributed by atoms with E-state index in [1.807, 2.05) is 25.1 Å². The molecule has 1 aromatic heterocycles. The summed E-state index contributed by atoms with van der Waals surface area (Å²) in [4.78, 5) is 31.1. The number of rotatable bonds is 3. The summed E-state index contributed by atoms with van der Waals surface area (Å²) in [6.07, 6.45) is 3.02. The average molecular weight is 363 g/mol. The van der Waals surface area contributed by atoms with E-state index in [-0.39, 0.29) is 18.2 Å². The Morgan fingerprint density at radius 2 is 2.00 bits per heavy atom. The summed E-state index contributed by atoms with van der Waals surface area (Å²) >= 11 is 1.24. The third-order valence-electron chi connectivity index (χ3n) is 4.79. The first-order chi connectivity index (χ1) is 12.6. The van der Waals surface area contributed by atoms with Gasteiger partial charge in [-0.05, 0) is 49.9 Å². The lowest BCUT2D eigenvalue weighted by molar-refractivity contribution is -0.121. The molecular weight excluding hydrogens is 346 g/mol. The molecule has 26 heavy (non-hydrogen) atoms. The van der Waals surface area contributed by atoms with Gasteiger partial charge in [-0.2, -0.15) is 5.26 Å². The number of benzene rings is 1. The molecule has 1 atom stereocenters. The van der Waals surface area contributed by atoms with Gasteiger partial charge in [0.1, 0.15) is 11.1 Å². The minimum atomic E-state index is -0.539. The number of anilines is 1. The van der Waals surface area contributed by atoms with Crippen LogP contribution in [0.2, 0.25) is 0 Å². The summed E-state index contributed by atoms with van der Waals surface area (Å²) in [5.41, 5.74) is 4.29. The molecule has 0 bridgehead atoms. The molecule has 2 amide bonds. The summed E-state index contributed by atoms with van der Waals surface area (Å²) in [7, 11) is 0. The highest BCUT2D eigenvalue weighted by Crippen LogP contribution is 2.36. The number of hydrogen-bond acceptors (Lipinski definition) is 5. The van der Waals surface area contributed by atoms with Crippen LogP contribution in [0, 0.1) is 18.3 Å². The maximum atomic E-state index is 12.8. The van der Waals surface area contributed by atoms with Crippen LogP contribution in [0.25, 0.3) is 0 Å². The van der Waals surface area contributed by atoms with E-state index in [0.29, 0.717) is 16.3 Å². The fourth-order valence-electron chi connectivity index (χ4n) is 3.42. The third kappa shape index (κ3) is 2.89. The van der Waals surface area contributed by atoms with Crippen LogP contribution in [0.5, 0.6) is 0 Å². The molecule has 1 aliphatic heterocycles. The molecule has 0 spiro atoms. The minimum Gasteiger partial charge on any atom is -0.274 e. The Hall–Kier alpha value is -2.65. The summed E-state index contributed by atoms with van der Waals surface area (Å²) in [6.45, 7) is 1.96. The highest BCUT2D eigenvalue weighted by Gasteiger charge is 2.40. The van der Waals surface area contributed by atoms with Crippen molar-refractivity contribution in [1.82, 2.24) is 4.98 Å². The molecule has 5 nitrogen and oxygen atoms in total. The van der Waals surface area contributed by atoms with Crippen LogP contribution in [0.3, 0.4) is 0 Å². The molecule has 2 aliphatic rings. The first-order valence-electron chi connectivity index (χ1n) is 8.60. The Labute approximate surface area is 156 Å². The van der Waals surface area contributed by atoms with Crippen molar-refractivity contribution in [2.45, 2.75) is 42.9 Å². The van der Waals surface area contributed by atoms with Gasteiger partial charge in [0.15, 0.2) is 0 Å². The van der Waals surface area contributed by atoms with Gasteiger partial charge in [0.25, 0.3) is 0 Å². The van der Waals surface area contributed by atoms with E-state index >= 15 is 0 Å². The Bertz CT molecular complexity index is 947. The number of amides is 2. The smallest absolute Gasteiger partial charge is 0.247 e. The monoisotopic (exact) mass is 363 g/mol. The second kappa shape index (κ2) is 6.58. The van der Waals surface area contributed by atoms with Gasteiger partial charge in [-0.3, -0.25) is 9.59 Å². The molecule has 0 unspecified atom stereocenters. The number of fused-ring (bicyclic) bond motifs is 1. The standard InChI is InChI=1S/C20H17N3O2S/c1-12-5-7-15(8-6-12)23-18(24)10-17(20(23)25)26-19-14(11-21)9-13-3-2-4-16(13)22-19/h5-9,17H,2-4,10H2,1H3/t17-/m1/s1. The lowest BCUT2D eigenvalue weighted by Crippen LogP contribution is -2.31. The predicted molar refractivity (Wildman–Crippen MR) is 98.9 cm³/mol. The fraction of sp³-hybridized carbons (Fsp3) is 0.300. The van der Waals surface area contributed by atoms with Crippen molar-refractivity contribution in [3.63, 3.8) is 0 Å². The quantitative estimate of drug-likeness (QED) is 0.783. The van der Waals surface area contributed by atoms with Crippen LogP contribution >= 0.6 is 11.8 Å². The van der Waals surface area contributed by atoms with E-state index in [2.05, 4.69) is 11.1 Å².